The van der Waals surface area contributed by atoms with E-state index in [4.69, 9.17) is 0 Å². The highest BCUT2D eigenvalue weighted by atomic mass is 13.9. The highest BCUT2D eigenvalue weighted by Crippen LogP contribution is 1.99. The molecular formula is C15H26. The second kappa shape index (κ2) is 18.7. The summed E-state index contributed by atoms with van der Waals surface area (Å²) in [4.78, 5) is 0. The van der Waals surface area contributed by atoms with Crippen molar-refractivity contribution in [3.05, 3.63) is 50.6 Å². The number of hydrogen-bond donors (Lipinski definition) is 0. The average molecular weight is 206 g/mol. The second-order valence-electron chi connectivity index (χ2n) is 3.37. The zero-order chi connectivity index (χ0) is 11.8. The molecule has 0 radical (unpaired) electrons. The Morgan fingerprint density at radius 2 is 0.733 bits per heavy atom. The van der Waals surface area contributed by atoms with Crippen molar-refractivity contribution in [2.45, 2.75) is 44.9 Å². The summed E-state index contributed by atoms with van der Waals surface area (Å²) in [5.41, 5.74) is 0. The van der Waals surface area contributed by atoms with Crippen LogP contribution in [0.5, 0.6) is 0 Å². The molecule has 0 atom stereocenters. The molecule has 0 unspecified atom stereocenters. The van der Waals surface area contributed by atoms with Crippen molar-refractivity contribution in [2.75, 3.05) is 0 Å². The van der Waals surface area contributed by atoms with Crippen molar-refractivity contribution in [1.82, 2.24) is 0 Å². The Morgan fingerprint density at radius 3 is 1.00 bits per heavy atom. The minimum absolute atomic E-state index is 1.12. The molecule has 0 fully saturated rings. The van der Waals surface area contributed by atoms with Gasteiger partial charge in [0.25, 0.3) is 0 Å². The number of allylic oxidation sites excluding steroid dienone is 4. The minimum Gasteiger partial charge on any atom is -0.103 e. The average Bonchev–Trinajstić information content (AvgIpc) is 2.26. The number of unbranched alkanes of at least 4 members (excludes halogenated alkanes) is 5. The molecule has 0 amide bonds. The zero-order valence-electron chi connectivity index (χ0n) is 10.1. The van der Waals surface area contributed by atoms with Crippen LogP contribution < -0.4 is 0 Å². The van der Waals surface area contributed by atoms with Crippen LogP contribution in [0.25, 0.3) is 0 Å². The van der Waals surface area contributed by atoms with Crippen molar-refractivity contribution in [2.24, 2.45) is 0 Å². The summed E-state index contributed by atoms with van der Waals surface area (Å²) < 4.78 is 0. The Balaban J connectivity index is 0. The van der Waals surface area contributed by atoms with Gasteiger partial charge >= 0.3 is 0 Å². The van der Waals surface area contributed by atoms with E-state index in [2.05, 4.69) is 26.3 Å². The maximum Gasteiger partial charge on any atom is -0.0350 e. The van der Waals surface area contributed by atoms with Crippen molar-refractivity contribution in [1.29, 1.82) is 0 Å². The van der Waals surface area contributed by atoms with Gasteiger partial charge in [0.2, 0.25) is 0 Å². The van der Waals surface area contributed by atoms with Gasteiger partial charge in [-0.15, -0.1) is 26.3 Å². The molecule has 0 N–H and O–H groups in total. The lowest BCUT2D eigenvalue weighted by Crippen LogP contribution is -1.69. The monoisotopic (exact) mass is 206 g/mol. The summed E-state index contributed by atoms with van der Waals surface area (Å²) in [6.45, 7) is 14.5. The maximum absolute atomic E-state index is 3.63. The first kappa shape index (κ1) is 16.4. The molecule has 0 aliphatic carbocycles. The van der Waals surface area contributed by atoms with Gasteiger partial charge in [-0.2, -0.15) is 0 Å². The Kier molecular flexibility index (Phi) is 20.4. The molecule has 0 bridgehead atoms. The fourth-order valence-electron chi connectivity index (χ4n) is 0.984. The van der Waals surface area contributed by atoms with Crippen LogP contribution in [-0.2, 0) is 0 Å². The van der Waals surface area contributed by atoms with Crippen LogP contribution in [0, 0.1) is 0 Å². The summed E-state index contributed by atoms with van der Waals surface area (Å²) >= 11 is 0. The zero-order valence-corrected chi connectivity index (χ0v) is 10.1. The predicted molar refractivity (Wildman–Crippen MR) is 73.1 cm³/mol. The fraction of sp³-hybridized carbons (Fsp3) is 0.467. The molecule has 86 valence electrons. The van der Waals surface area contributed by atoms with Crippen molar-refractivity contribution in [3.8, 4) is 0 Å². The molecule has 0 aliphatic heterocycles. The van der Waals surface area contributed by atoms with Gasteiger partial charge in [0.05, 0.1) is 0 Å². The van der Waals surface area contributed by atoms with Crippen molar-refractivity contribution in [3.63, 3.8) is 0 Å². The Morgan fingerprint density at radius 1 is 0.467 bits per heavy atom. The van der Waals surface area contributed by atoms with Gasteiger partial charge in [-0.3, -0.25) is 0 Å². The molecule has 0 aliphatic rings. The Hall–Kier alpha value is -1.04. The minimum atomic E-state index is 1.12. The fourth-order valence-corrected chi connectivity index (χ4v) is 0.984. The van der Waals surface area contributed by atoms with E-state index in [0.29, 0.717) is 0 Å². The first-order valence-electron chi connectivity index (χ1n) is 5.77. The highest BCUT2D eigenvalue weighted by Gasteiger charge is 1.79. The van der Waals surface area contributed by atoms with Crippen LogP contribution in [0.15, 0.2) is 50.6 Å². The Labute approximate surface area is 96.1 Å². The topological polar surface area (TPSA) is 0 Å². The highest BCUT2D eigenvalue weighted by molar-refractivity contribution is 4.71. The first-order valence-corrected chi connectivity index (χ1v) is 5.77. The number of rotatable bonds is 9. The molecule has 0 aromatic rings. The molecule has 0 aromatic carbocycles. The van der Waals surface area contributed by atoms with E-state index in [1.54, 1.807) is 0 Å². The summed E-state index contributed by atoms with van der Waals surface area (Å²) in [6.07, 6.45) is 16.0. The third-order valence-corrected chi connectivity index (χ3v) is 1.88. The first-order chi connectivity index (χ1) is 7.33. The lowest BCUT2D eigenvalue weighted by atomic mass is 10.2. The quantitative estimate of drug-likeness (QED) is 0.348. The maximum atomic E-state index is 3.63. The van der Waals surface area contributed by atoms with Gasteiger partial charge in [-0.05, 0) is 44.9 Å². The third-order valence-electron chi connectivity index (χ3n) is 1.88. The summed E-state index contributed by atoms with van der Waals surface area (Å²) in [7, 11) is 0. The second-order valence-corrected chi connectivity index (χ2v) is 3.37. The summed E-state index contributed by atoms with van der Waals surface area (Å²) in [5.74, 6) is 0. The van der Waals surface area contributed by atoms with Gasteiger partial charge in [-0.1, -0.05) is 24.3 Å². The van der Waals surface area contributed by atoms with Gasteiger partial charge < -0.3 is 0 Å². The smallest absolute Gasteiger partial charge is 0.0350 e. The normalized spacial score (nSPS) is 8.27. The van der Waals surface area contributed by atoms with Gasteiger partial charge in [0.15, 0.2) is 0 Å². The van der Waals surface area contributed by atoms with Gasteiger partial charge in [0.1, 0.15) is 0 Å². The van der Waals surface area contributed by atoms with E-state index >= 15 is 0 Å². The van der Waals surface area contributed by atoms with Gasteiger partial charge in [-0.25, -0.2) is 0 Å². The molecule has 15 heavy (non-hydrogen) atoms. The lowest BCUT2D eigenvalue weighted by Gasteiger charge is -1.89. The Bertz CT molecular complexity index is 135. The predicted octanol–water partition coefficient (Wildman–Crippen LogP) is 5.45. The molecular weight excluding hydrogens is 180 g/mol. The molecule has 0 spiro atoms. The van der Waals surface area contributed by atoms with E-state index < -0.39 is 0 Å². The summed E-state index contributed by atoms with van der Waals surface area (Å²) in [6, 6.07) is 0. The van der Waals surface area contributed by atoms with Crippen molar-refractivity contribution >= 4 is 0 Å². The molecule has 0 heteroatoms. The lowest BCUT2D eigenvalue weighted by molar-refractivity contribution is 0.764. The largest absolute Gasteiger partial charge is 0.103 e. The van der Waals surface area contributed by atoms with Crippen LogP contribution in [0.2, 0.25) is 0 Å². The molecule has 0 saturated heterocycles. The molecule has 0 aromatic heterocycles. The van der Waals surface area contributed by atoms with E-state index in [0.717, 1.165) is 25.7 Å². The van der Waals surface area contributed by atoms with Crippen LogP contribution in [0.1, 0.15) is 44.9 Å². The standard InChI is InChI=1S/C8H14.C7H12/c1-3-5-7-8-6-4-2;1-3-5-7-6-4-2/h3-4H,1-2,5-8H2;3-4H,1-2,5-7H2. The van der Waals surface area contributed by atoms with E-state index in [9.17, 15) is 0 Å². The molecule has 0 saturated carbocycles. The summed E-state index contributed by atoms with van der Waals surface area (Å²) in [5, 5.41) is 0. The van der Waals surface area contributed by atoms with E-state index in [1.807, 2.05) is 24.3 Å². The van der Waals surface area contributed by atoms with E-state index in [-0.39, 0.29) is 0 Å². The SMILES string of the molecule is C=CCCCC=C.C=CCCCCC=C. The van der Waals surface area contributed by atoms with Crippen LogP contribution in [-0.4, -0.2) is 0 Å². The van der Waals surface area contributed by atoms with Gasteiger partial charge in [0, 0.05) is 0 Å². The molecule has 0 heterocycles. The van der Waals surface area contributed by atoms with Crippen molar-refractivity contribution < 1.29 is 0 Å². The molecule has 0 nitrogen and oxygen atoms in total. The van der Waals surface area contributed by atoms with E-state index in [1.165, 1.54) is 19.3 Å². The van der Waals surface area contributed by atoms with Crippen LogP contribution in [0.4, 0.5) is 0 Å². The van der Waals surface area contributed by atoms with Crippen LogP contribution >= 0.6 is 0 Å². The van der Waals surface area contributed by atoms with Crippen LogP contribution in [0.3, 0.4) is 0 Å². The number of hydrogen-bond acceptors (Lipinski definition) is 0. The third kappa shape index (κ3) is 24.6. The molecule has 0 rings (SSSR count).